The number of hydrogen-bond acceptors (Lipinski definition) is 4. The van der Waals surface area contributed by atoms with E-state index in [2.05, 4.69) is 31.0 Å². The molecule has 1 aliphatic heterocycles. The average molecular weight is 470 g/mol. The fourth-order valence-electron chi connectivity index (χ4n) is 3.04. The minimum Gasteiger partial charge on any atom is -0.481 e. The standard InChI is InChI=1S/C17H14BrClF4N2O2/c1-26-15(10-6-25-16-9(10)4-8(18)5-24-16)13-11(19)2-3-12(14(13)20)27-7-17(21,22)23/h2-5,10,15H,6-7H2,1H3,(H,24,25). The molecule has 0 aliphatic carbocycles. The minimum absolute atomic E-state index is 0.0371. The zero-order valence-corrected chi connectivity index (χ0v) is 16.3. The van der Waals surface area contributed by atoms with Gasteiger partial charge in [0.25, 0.3) is 0 Å². The monoisotopic (exact) mass is 468 g/mol. The number of benzene rings is 1. The fourth-order valence-corrected chi connectivity index (χ4v) is 3.64. The summed E-state index contributed by atoms with van der Waals surface area (Å²) in [5.41, 5.74) is 0.728. The summed E-state index contributed by atoms with van der Waals surface area (Å²) in [6, 6.07) is 4.19. The minimum atomic E-state index is -4.58. The number of fused-ring (bicyclic) bond motifs is 1. The Morgan fingerprint density at radius 2 is 2.15 bits per heavy atom. The van der Waals surface area contributed by atoms with E-state index in [0.29, 0.717) is 12.4 Å². The molecule has 4 nitrogen and oxygen atoms in total. The van der Waals surface area contributed by atoms with Gasteiger partial charge in [-0.15, -0.1) is 0 Å². The molecule has 0 spiro atoms. The first-order valence-electron chi connectivity index (χ1n) is 7.81. The van der Waals surface area contributed by atoms with Gasteiger partial charge in [0, 0.05) is 46.4 Å². The van der Waals surface area contributed by atoms with Crippen LogP contribution in [-0.4, -0.2) is 31.4 Å². The van der Waals surface area contributed by atoms with E-state index in [4.69, 9.17) is 16.3 Å². The molecule has 2 unspecified atom stereocenters. The average Bonchev–Trinajstić information content (AvgIpc) is 3.00. The first-order valence-corrected chi connectivity index (χ1v) is 8.98. The van der Waals surface area contributed by atoms with Crippen LogP contribution in [0.5, 0.6) is 5.75 Å². The summed E-state index contributed by atoms with van der Waals surface area (Å²) in [5.74, 6) is -1.23. The summed E-state index contributed by atoms with van der Waals surface area (Å²) < 4.78 is 63.0. The summed E-state index contributed by atoms with van der Waals surface area (Å²) in [4.78, 5) is 4.25. The van der Waals surface area contributed by atoms with Crippen molar-refractivity contribution in [1.82, 2.24) is 4.98 Å². The van der Waals surface area contributed by atoms with Crippen molar-refractivity contribution < 1.29 is 27.0 Å². The van der Waals surface area contributed by atoms with E-state index in [1.165, 1.54) is 13.2 Å². The maximum atomic E-state index is 15.0. The molecule has 2 atom stereocenters. The summed E-state index contributed by atoms with van der Waals surface area (Å²) in [5, 5.41) is 3.14. The number of pyridine rings is 1. The highest BCUT2D eigenvalue weighted by atomic mass is 79.9. The van der Waals surface area contributed by atoms with Crippen molar-refractivity contribution >= 4 is 33.3 Å². The van der Waals surface area contributed by atoms with E-state index in [0.717, 1.165) is 16.1 Å². The molecule has 146 valence electrons. The van der Waals surface area contributed by atoms with E-state index in [1.54, 1.807) is 6.20 Å². The van der Waals surface area contributed by atoms with Crippen molar-refractivity contribution in [2.24, 2.45) is 0 Å². The molecule has 0 radical (unpaired) electrons. The van der Waals surface area contributed by atoms with E-state index < -0.39 is 30.5 Å². The van der Waals surface area contributed by atoms with Crippen molar-refractivity contribution in [3.63, 3.8) is 0 Å². The smallest absolute Gasteiger partial charge is 0.422 e. The zero-order chi connectivity index (χ0) is 19.8. The molecule has 0 amide bonds. The van der Waals surface area contributed by atoms with Gasteiger partial charge < -0.3 is 14.8 Å². The van der Waals surface area contributed by atoms with E-state index in [9.17, 15) is 17.6 Å². The van der Waals surface area contributed by atoms with Gasteiger partial charge in [-0.2, -0.15) is 13.2 Å². The highest BCUT2D eigenvalue weighted by molar-refractivity contribution is 9.10. The van der Waals surface area contributed by atoms with Crippen molar-refractivity contribution in [1.29, 1.82) is 0 Å². The maximum absolute atomic E-state index is 15.0. The largest absolute Gasteiger partial charge is 0.481 e. The van der Waals surface area contributed by atoms with Crippen LogP contribution >= 0.6 is 27.5 Å². The lowest BCUT2D eigenvalue weighted by Crippen LogP contribution is -2.21. The third-order valence-electron chi connectivity index (χ3n) is 4.16. The van der Waals surface area contributed by atoms with Crippen LogP contribution < -0.4 is 10.1 Å². The van der Waals surface area contributed by atoms with Gasteiger partial charge in [-0.3, -0.25) is 0 Å². The Morgan fingerprint density at radius 3 is 2.81 bits per heavy atom. The van der Waals surface area contributed by atoms with Crippen LogP contribution in [-0.2, 0) is 4.74 Å². The van der Waals surface area contributed by atoms with Gasteiger partial charge in [-0.25, -0.2) is 9.37 Å². The lowest BCUT2D eigenvalue weighted by molar-refractivity contribution is -0.153. The molecule has 0 bridgehead atoms. The molecule has 0 saturated heterocycles. The molecule has 2 aromatic rings. The summed E-state index contributed by atoms with van der Waals surface area (Å²) in [6.07, 6.45) is -3.81. The van der Waals surface area contributed by atoms with Gasteiger partial charge in [0.15, 0.2) is 18.2 Å². The number of anilines is 1. The predicted molar refractivity (Wildman–Crippen MR) is 95.9 cm³/mol. The number of hydrogen-bond donors (Lipinski definition) is 1. The number of aromatic nitrogens is 1. The Bertz CT molecular complexity index is 850. The van der Waals surface area contributed by atoms with Gasteiger partial charge in [0.05, 0.1) is 6.10 Å². The number of halogens is 6. The third-order valence-corrected chi connectivity index (χ3v) is 4.92. The second-order valence-electron chi connectivity index (χ2n) is 5.91. The Labute approximate surface area is 166 Å². The van der Waals surface area contributed by atoms with Crippen LogP contribution in [0, 0.1) is 5.82 Å². The Hall–Kier alpha value is -1.58. The highest BCUT2D eigenvalue weighted by Crippen LogP contribution is 2.45. The number of methoxy groups -OCH3 is 1. The number of ether oxygens (including phenoxy) is 2. The number of nitrogens with zero attached hydrogens (tertiary/aromatic N) is 1. The second kappa shape index (κ2) is 7.81. The molecule has 0 saturated carbocycles. The zero-order valence-electron chi connectivity index (χ0n) is 13.9. The number of nitrogens with one attached hydrogen (secondary N) is 1. The lowest BCUT2D eigenvalue weighted by atomic mass is 9.91. The van der Waals surface area contributed by atoms with Crippen LogP contribution in [0.25, 0.3) is 0 Å². The molecular weight excluding hydrogens is 456 g/mol. The summed E-state index contributed by atoms with van der Waals surface area (Å²) in [6.45, 7) is -1.20. The van der Waals surface area contributed by atoms with Crippen LogP contribution in [0.1, 0.15) is 23.1 Å². The van der Waals surface area contributed by atoms with Gasteiger partial charge in [0.2, 0.25) is 0 Å². The number of alkyl halides is 3. The molecule has 10 heteroatoms. The van der Waals surface area contributed by atoms with E-state index >= 15 is 0 Å². The molecule has 1 aromatic carbocycles. The van der Waals surface area contributed by atoms with Crippen molar-refractivity contribution in [2.75, 3.05) is 25.6 Å². The normalized spacial score (nSPS) is 17.4. The van der Waals surface area contributed by atoms with Crippen LogP contribution in [0.4, 0.5) is 23.4 Å². The van der Waals surface area contributed by atoms with Crippen LogP contribution in [0.2, 0.25) is 5.02 Å². The molecule has 3 rings (SSSR count). The predicted octanol–water partition coefficient (Wildman–Crippen LogP) is 5.47. The van der Waals surface area contributed by atoms with Gasteiger partial charge in [-0.05, 0) is 34.1 Å². The molecule has 0 fully saturated rings. The van der Waals surface area contributed by atoms with E-state index in [-0.39, 0.29) is 16.5 Å². The molecular formula is C17H14BrClF4N2O2. The Kier molecular flexibility index (Phi) is 5.83. The first-order chi connectivity index (χ1) is 12.7. The highest BCUT2D eigenvalue weighted by Gasteiger charge is 2.36. The topological polar surface area (TPSA) is 43.4 Å². The molecule has 27 heavy (non-hydrogen) atoms. The van der Waals surface area contributed by atoms with Crippen molar-refractivity contribution in [3.8, 4) is 5.75 Å². The van der Waals surface area contributed by atoms with Crippen molar-refractivity contribution in [2.45, 2.75) is 18.2 Å². The summed E-state index contributed by atoms with van der Waals surface area (Å²) >= 11 is 9.50. The van der Waals surface area contributed by atoms with Gasteiger partial charge in [-0.1, -0.05) is 11.6 Å². The quantitative estimate of drug-likeness (QED) is 0.590. The molecule has 1 aliphatic rings. The number of rotatable bonds is 5. The lowest BCUT2D eigenvalue weighted by Gasteiger charge is -2.25. The first kappa shape index (κ1) is 20.2. The third kappa shape index (κ3) is 4.30. The summed E-state index contributed by atoms with van der Waals surface area (Å²) in [7, 11) is 1.38. The van der Waals surface area contributed by atoms with Crippen molar-refractivity contribution in [3.05, 3.63) is 50.8 Å². The van der Waals surface area contributed by atoms with Crippen LogP contribution in [0.15, 0.2) is 28.9 Å². The molecule has 2 heterocycles. The molecule has 1 aromatic heterocycles. The molecule has 1 N–H and O–H groups in total. The Balaban J connectivity index is 1.98. The maximum Gasteiger partial charge on any atom is 0.422 e. The van der Waals surface area contributed by atoms with Crippen LogP contribution in [0.3, 0.4) is 0 Å². The SMILES string of the molecule is COC(c1c(Cl)ccc(OCC(F)(F)F)c1F)C1CNc2ncc(Br)cc21. The van der Waals surface area contributed by atoms with Gasteiger partial charge >= 0.3 is 6.18 Å². The van der Waals surface area contributed by atoms with Gasteiger partial charge in [0.1, 0.15) is 5.82 Å². The van der Waals surface area contributed by atoms with E-state index in [1.807, 2.05) is 6.07 Å². The fraction of sp³-hybridized carbons (Fsp3) is 0.353. The Morgan fingerprint density at radius 1 is 1.41 bits per heavy atom. The second-order valence-corrected chi connectivity index (χ2v) is 7.23.